The fourth-order valence-electron chi connectivity index (χ4n) is 2.70. The Kier molecular flexibility index (Phi) is 6.48. The van der Waals surface area contributed by atoms with Crippen LogP contribution in [0, 0.1) is 0 Å². The van der Waals surface area contributed by atoms with Crippen LogP contribution in [0.5, 0.6) is 11.5 Å². The zero-order valence-corrected chi connectivity index (χ0v) is 16.1. The van der Waals surface area contributed by atoms with E-state index in [2.05, 4.69) is 16.0 Å². The molecule has 0 spiro atoms. The van der Waals surface area contributed by atoms with E-state index >= 15 is 0 Å². The summed E-state index contributed by atoms with van der Waals surface area (Å²) in [5.74, 6) is -0.433. The van der Waals surface area contributed by atoms with Crippen LogP contribution in [0.2, 0.25) is 0 Å². The predicted molar refractivity (Wildman–Crippen MR) is 108 cm³/mol. The molecule has 0 saturated carbocycles. The fourth-order valence-corrected chi connectivity index (χ4v) is 2.70. The number of ether oxygens (including phenoxy) is 2. The fraction of sp³-hybridized carbons (Fsp3) is 0.200. The molecular formula is C20H20N4O6. The van der Waals surface area contributed by atoms with E-state index < -0.39 is 29.5 Å². The Hall–Kier alpha value is -4.08. The van der Waals surface area contributed by atoms with Gasteiger partial charge in [0.1, 0.15) is 6.54 Å². The minimum Gasteiger partial charge on any atom is -0.490 e. The first-order chi connectivity index (χ1) is 14.5. The number of hydrogen-bond acceptors (Lipinski definition) is 6. The third kappa shape index (κ3) is 4.85. The number of carbonyl (C=O) groups is 2. The van der Waals surface area contributed by atoms with Crippen LogP contribution in [0.25, 0.3) is 10.8 Å². The normalized spacial score (nSPS) is 10.4. The van der Waals surface area contributed by atoms with Crippen molar-refractivity contribution >= 4 is 22.6 Å². The molecule has 0 radical (unpaired) electrons. The molecule has 1 aromatic heterocycles. The van der Waals surface area contributed by atoms with E-state index in [1.165, 1.54) is 12.1 Å². The van der Waals surface area contributed by atoms with E-state index in [0.29, 0.717) is 18.1 Å². The van der Waals surface area contributed by atoms with Gasteiger partial charge in [0.05, 0.1) is 17.4 Å². The van der Waals surface area contributed by atoms with E-state index in [1.807, 2.05) is 6.92 Å². The predicted octanol–water partition coefficient (Wildman–Crippen LogP) is 0.315. The highest BCUT2D eigenvalue weighted by molar-refractivity contribution is 5.83. The van der Waals surface area contributed by atoms with Crippen LogP contribution in [-0.2, 0) is 16.1 Å². The standard InChI is InChI=1S/C20H20N4O6/c1-2-29-15-9-5-6-10-16(15)30-12-18(26)22-21-17(25)11-24-20(28)14-8-4-3-7-13(14)19(27)23-24/h3-10H,2,11-12H2,1H3,(H,21,25)(H,22,26)(H,23,27). The van der Waals surface area contributed by atoms with Crippen LogP contribution < -0.4 is 31.4 Å². The van der Waals surface area contributed by atoms with Gasteiger partial charge in [-0.1, -0.05) is 24.3 Å². The maximum atomic E-state index is 12.4. The summed E-state index contributed by atoms with van der Waals surface area (Å²) >= 11 is 0. The van der Waals surface area contributed by atoms with Gasteiger partial charge in [0.25, 0.3) is 22.9 Å². The highest BCUT2D eigenvalue weighted by atomic mass is 16.5. The Labute approximate surface area is 170 Å². The van der Waals surface area contributed by atoms with Gasteiger partial charge in [0.2, 0.25) is 0 Å². The summed E-state index contributed by atoms with van der Waals surface area (Å²) < 4.78 is 11.7. The number of benzene rings is 2. The molecule has 0 aliphatic carbocycles. The molecule has 10 heteroatoms. The number of para-hydroxylation sites is 2. The number of aromatic nitrogens is 2. The number of aromatic amines is 1. The lowest BCUT2D eigenvalue weighted by molar-refractivity contribution is -0.130. The molecule has 0 atom stereocenters. The third-order valence-corrected chi connectivity index (χ3v) is 4.03. The van der Waals surface area contributed by atoms with E-state index in [0.717, 1.165) is 4.68 Å². The van der Waals surface area contributed by atoms with Gasteiger partial charge in [-0.25, -0.2) is 4.68 Å². The Morgan fingerprint density at radius 3 is 2.20 bits per heavy atom. The number of carbonyl (C=O) groups excluding carboxylic acids is 2. The molecule has 0 aliphatic rings. The molecule has 1 heterocycles. The molecule has 3 aromatic rings. The number of hydrogen-bond donors (Lipinski definition) is 3. The quantitative estimate of drug-likeness (QED) is 0.479. The van der Waals surface area contributed by atoms with Crippen molar-refractivity contribution in [1.82, 2.24) is 20.6 Å². The Balaban J connectivity index is 1.56. The van der Waals surface area contributed by atoms with Crippen molar-refractivity contribution in [1.29, 1.82) is 0 Å². The van der Waals surface area contributed by atoms with Gasteiger partial charge in [0.15, 0.2) is 18.1 Å². The largest absolute Gasteiger partial charge is 0.490 e. The Morgan fingerprint density at radius 2 is 1.50 bits per heavy atom. The summed E-state index contributed by atoms with van der Waals surface area (Å²) in [5, 5.41) is 2.77. The van der Waals surface area contributed by atoms with Crippen LogP contribution in [0.15, 0.2) is 58.1 Å². The smallest absolute Gasteiger partial charge is 0.276 e. The molecule has 2 aromatic carbocycles. The van der Waals surface area contributed by atoms with E-state index in [9.17, 15) is 19.2 Å². The number of H-pyrrole nitrogens is 1. The first-order valence-corrected chi connectivity index (χ1v) is 9.13. The van der Waals surface area contributed by atoms with E-state index in [1.54, 1.807) is 36.4 Å². The van der Waals surface area contributed by atoms with E-state index in [4.69, 9.17) is 9.47 Å². The van der Waals surface area contributed by atoms with Gasteiger partial charge in [-0.15, -0.1) is 0 Å². The van der Waals surface area contributed by atoms with Crippen LogP contribution in [0.3, 0.4) is 0 Å². The van der Waals surface area contributed by atoms with Crippen molar-refractivity contribution in [3.05, 3.63) is 69.2 Å². The molecule has 0 unspecified atom stereocenters. The van der Waals surface area contributed by atoms with Crippen LogP contribution >= 0.6 is 0 Å². The van der Waals surface area contributed by atoms with Gasteiger partial charge in [-0.2, -0.15) is 0 Å². The topological polar surface area (TPSA) is 132 Å². The molecule has 3 rings (SSSR count). The second kappa shape index (κ2) is 9.41. The molecule has 2 amide bonds. The molecule has 0 fully saturated rings. The number of hydrazine groups is 1. The zero-order valence-electron chi connectivity index (χ0n) is 16.1. The summed E-state index contributed by atoms with van der Waals surface area (Å²) in [6, 6.07) is 13.1. The van der Waals surface area contributed by atoms with Crippen molar-refractivity contribution in [2.75, 3.05) is 13.2 Å². The highest BCUT2D eigenvalue weighted by Crippen LogP contribution is 2.26. The number of rotatable bonds is 7. The maximum Gasteiger partial charge on any atom is 0.276 e. The maximum absolute atomic E-state index is 12.4. The lowest BCUT2D eigenvalue weighted by Gasteiger charge is -2.12. The lowest BCUT2D eigenvalue weighted by Crippen LogP contribution is -2.46. The summed E-state index contributed by atoms with van der Waals surface area (Å²) in [4.78, 5) is 48.4. The average Bonchev–Trinajstić information content (AvgIpc) is 2.75. The summed E-state index contributed by atoms with van der Waals surface area (Å²) in [6.07, 6.45) is 0. The first kappa shape index (κ1) is 20.6. The van der Waals surface area contributed by atoms with Crippen molar-refractivity contribution in [3.8, 4) is 11.5 Å². The molecule has 0 bridgehead atoms. The van der Waals surface area contributed by atoms with Crippen molar-refractivity contribution < 1.29 is 19.1 Å². The Morgan fingerprint density at radius 1 is 0.900 bits per heavy atom. The molecule has 30 heavy (non-hydrogen) atoms. The molecule has 0 aliphatic heterocycles. The van der Waals surface area contributed by atoms with Gasteiger partial charge in [-0.3, -0.25) is 35.1 Å². The van der Waals surface area contributed by atoms with Gasteiger partial charge in [-0.05, 0) is 31.2 Å². The van der Waals surface area contributed by atoms with Crippen molar-refractivity contribution in [2.45, 2.75) is 13.5 Å². The second-order valence-electron chi connectivity index (χ2n) is 6.14. The summed E-state index contributed by atoms with van der Waals surface area (Å²) in [5.41, 5.74) is 3.33. The third-order valence-electron chi connectivity index (χ3n) is 4.03. The molecular weight excluding hydrogens is 392 g/mol. The second-order valence-corrected chi connectivity index (χ2v) is 6.14. The summed E-state index contributed by atoms with van der Waals surface area (Å²) in [6.45, 7) is 1.43. The van der Waals surface area contributed by atoms with Crippen molar-refractivity contribution in [2.24, 2.45) is 0 Å². The number of amides is 2. The average molecular weight is 412 g/mol. The van der Waals surface area contributed by atoms with E-state index in [-0.39, 0.29) is 17.4 Å². The monoisotopic (exact) mass is 412 g/mol. The molecule has 0 saturated heterocycles. The number of nitrogens with one attached hydrogen (secondary N) is 3. The van der Waals surface area contributed by atoms with Crippen LogP contribution in [0.4, 0.5) is 0 Å². The van der Waals surface area contributed by atoms with Gasteiger partial charge < -0.3 is 9.47 Å². The van der Waals surface area contributed by atoms with Crippen LogP contribution in [0.1, 0.15) is 6.92 Å². The minimum atomic E-state index is -0.703. The highest BCUT2D eigenvalue weighted by Gasteiger charge is 2.12. The Bertz CT molecular complexity index is 1180. The first-order valence-electron chi connectivity index (χ1n) is 9.13. The van der Waals surface area contributed by atoms with Gasteiger partial charge in [0, 0.05) is 0 Å². The lowest BCUT2D eigenvalue weighted by atomic mass is 10.2. The minimum absolute atomic E-state index is 0.194. The summed E-state index contributed by atoms with van der Waals surface area (Å²) in [7, 11) is 0. The molecule has 156 valence electrons. The molecule has 3 N–H and O–H groups in total. The zero-order chi connectivity index (χ0) is 21.5. The molecule has 10 nitrogen and oxygen atoms in total. The van der Waals surface area contributed by atoms with Gasteiger partial charge >= 0.3 is 0 Å². The van der Waals surface area contributed by atoms with Crippen molar-refractivity contribution in [3.63, 3.8) is 0 Å². The SMILES string of the molecule is CCOc1ccccc1OCC(=O)NNC(=O)Cn1[nH]c(=O)c2ccccc2c1=O. The number of nitrogens with zero attached hydrogens (tertiary/aromatic N) is 1. The van der Waals surface area contributed by atoms with Crippen LogP contribution in [-0.4, -0.2) is 34.8 Å². The number of fused-ring (bicyclic) bond motifs is 1.